The number of ether oxygens (including phenoxy) is 1. The number of carbonyl (C=O) groups excluding carboxylic acids is 1. The second-order valence-electron chi connectivity index (χ2n) is 6.29. The average molecular weight is 359 g/mol. The van der Waals surface area contributed by atoms with Gasteiger partial charge in [0, 0.05) is 0 Å². The Labute approximate surface area is 143 Å². The lowest BCUT2D eigenvalue weighted by Gasteiger charge is -2.21. The first kappa shape index (κ1) is 20.5. The molecule has 0 saturated heterocycles. The van der Waals surface area contributed by atoms with Crippen molar-refractivity contribution in [3.05, 3.63) is 41.5 Å². The number of amides is 1. The van der Waals surface area contributed by atoms with Crippen LogP contribution in [0.3, 0.4) is 0 Å². The molecule has 0 aromatic heterocycles. The van der Waals surface area contributed by atoms with E-state index in [0.29, 0.717) is 5.56 Å². The van der Waals surface area contributed by atoms with E-state index in [1.807, 2.05) is 0 Å². The molecule has 1 amide bonds. The molecule has 0 heterocycles. The number of nitrogens with one attached hydrogen (secondary N) is 1. The van der Waals surface area contributed by atoms with Gasteiger partial charge in [-0.1, -0.05) is 24.3 Å². The van der Waals surface area contributed by atoms with Crippen LogP contribution in [0, 0.1) is 0 Å². The molecular formula is C17H20F3NO4. The molecule has 0 fully saturated rings. The summed E-state index contributed by atoms with van der Waals surface area (Å²) < 4.78 is 42.4. The van der Waals surface area contributed by atoms with E-state index in [-0.39, 0.29) is 6.42 Å². The van der Waals surface area contributed by atoms with Crippen molar-refractivity contribution < 1.29 is 32.6 Å². The predicted octanol–water partition coefficient (Wildman–Crippen LogP) is 4.09. The highest BCUT2D eigenvalue weighted by Gasteiger charge is 2.29. The molecule has 1 aromatic rings. The van der Waals surface area contributed by atoms with Crippen LogP contribution in [0.2, 0.25) is 0 Å². The second kappa shape index (κ2) is 8.04. The van der Waals surface area contributed by atoms with Gasteiger partial charge < -0.3 is 15.2 Å². The minimum atomic E-state index is -4.41. The van der Waals surface area contributed by atoms with E-state index >= 15 is 0 Å². The number of rotatable bonds is 5. The van der Waals surface area contributed by atoms with E-state index in [1.54, 1.807) is 20.8 Å². The van der Waals surface area contributed by atoms with Gasteiger partial charge >= 0.3 is 18.2 Å². The Kier molecular flexibility index (Phi) is 6.61. The first-order chi connectivity index (χ1) is 11.4. The molecule has 0 aliphatic heterocycles. The summed E-state index contributed by atoms with van der Waals surface area (Å²) in [6.45, 7) is 4.94. The summed E-state index contributed by atoms with van der Waals surface area (Å²) in [5.74, 6) is -1.25. The van der Waals surface area contributed by atoms with Gasteiger partial charge in [0.05, 0.1) is 5.56 Å². The molecule has 0 aliphatic carbocycles. The van der Waals surface area contributed by atoms with Gasteiger partial charge in [0.25, 0.3) is 0 Å². The summed E-state index contributed by atoms with van der Waals surface area (Å²) in [5, 5.41) is 11.3. The predicted molar refractivity (Wildman–Crippen MR) is 85.9 cm³/mol. The maximum atomic E-state index is 12.5. The Balaban J connectivity index is 2.67. The number of carboxylic acids is 1. The molecule has 5 nitrogen and oxygen atoms in total. The topological polar surface area (TPSA) is 75.6 Å². The molecule has 0 saturated carbocycles. The molecule has 1 atom stereocenters. The van der Waals surface area contributed by atoms with Crippen molar-refractivity contribution in [2.75, 3.05) is 0 Å². The number of halogens is 3. The van der Waals surface area contributed by atoms with Gasteiger partial charge in [-0.2, -0.15) is 13.2 Å². The quantitative estimate of drug-likeness (QED) is 0.830. The third-order valence-corrected chi connectivity index (χ3v) is 2.91. The zero-order valence-corrected chi connectivity index (χ0v) is 14.1. The van der Waals surface area contributed by atoms with Crippen LogP contribution in [0.5, 0.6) is 0 Å². The van der Waals surface area contributed by atoms with Crippen LogP contribution >= 0.6 is 0 Å². The van der Waals surface area contributed by atoms with E-state index in [4.69, 9.17) is 9.84 Å². The molecule has 0 spiro atoms. The van der Waals surface area contributed by atoms with Crippen LogP contribution in [0.1, 0.15) is 38.3 Å². The second-order valence-corrected chi connectivity index (χ2v) is 6.29. The normalized spacial score (nSPS) is 13.5. The number of carboxylic acid groups (broad SMARTS) is 1. The fourth-order valence-corrected chi connectivity index (χ4v) is 1.79. The lowest BCUT2D eigenvalue weighted by Crippen LogP contribution is -2.43. The maximum Gasteiger partial charge on any atom is 0.416 e. The summed E-state index contributed by atoms with van der Waals surface area (Å²) in [7, 11) is 0. The minimum Gasteiger partial charge on any atom is -0.480 e. The van der Waals surface area contributed by atoms with E-state index in [9.17, 15) is 22.8 Å². The van der Waals surface area contributed by atoms with Crippen LogP contribution in [0.4, 0.5) is 18.0 Å². The number of hydrogen-bond acceptors (Lipinski definition) is 3. The zero-order chi connectivity index (χ0) is 19.3. The summed E-state index contributed by atoms with van der Waals surface area (Å²) >= 11 is 0. The van der Waals surface area contributed by atoms with Crippen LogP contribution < -0.4 is 5.32 Å². The van der Waals surface area contributed by atoms with Gasteiger partial charge in [-0.3, -0.25) is 0 Å². The van der Waals surface area contributed by atoms with Crippen molar-refractivity contribution in [1.29, 1.82) is 0 Å². The highest BCUT2D eigenvalue weighted by molar-refractivity contribution is 5.80. The number of carbonyl (C=O) groups is 2. The smallest absolute Gasteiger partial charge is 0.416 e. The SMILES string of the molecule is CC(C)(C)OC(=O)NC(C/C=C/c1ccc(C(F)(F)F)cc1)C(=O)O. The van der Waals surface area contributed by atoms with Gasteiger partial charge in [0.15, 0.2) is 0 Å². The number of hydrogen-bond donors (Lipinski definition) is 2. The van der Waals surface area contributed by atoms with E-state index in [0.717, 1.165) is 12.1 Å². The number of benzene rings is 1. The molecule has 2 N–H and O–H groups in total. The lowest BCUT2D eigenvalue weighted by atomic mass is 10.1. The number of aliphatic carboxylic acids is 1. The van der Waals surface area contributed by atoms with E-state index in [2.05, 4.69) is 5.32 Å². The summed E-state index contributed by atoms with van der Waals surface area (Å²) in [6.07, 6.45) is -2.38. The molecule has 1 unspecified atom stereocenters. The third-order valence-electron chi connectivity index (χ3n) is 2.91. The van der Waals surface area contributed by atoms with Crippen molar-refractivity contribution in [1.82, 2.24) is 5.32 Å². The lowest BCUT2D eigenvalue weighted by molar-refractivity contribution is -0.139. The Morgan fingerprint density at radius 1 is 1.20 bits per heavy atom. The summed E-state index contributed by atoms with van der Waals surface area (Å²) in [5.41, 5.74) is -1.04. The fourth-order valence-electron chi connectivity index (χ4n) is 1.79. The van der Waals surface area contributed by atoms with Crippen LogP contribution in [-0.2, 0) is 15.7 Å². The van der Waals surface area contributed by atoms with E-state index in [1.165, 1.54) is 24.3 Å². The molecule has 0 aliphatic rings. The van der Waals surface area contributed by atoms with Gasteiger partial charge in [0.1, 0.15) is 11.6 Å². The van der Waals surface area contributed by atoms with Crippen molar-refractivity contribution in [2.24, 2.45) is 0 Å². The minimum absolute atomic E-state index is 0.0460. The first-order valence-electron chi connectivity index (χ1n) is 7.44. The number of alkyl carbamates (subject to hydrolysis) is 1. The average Bonchev–Trinajstić information content (AvgIpc) is 2.43. The molecule has 0 radical (unpaired) electrons. The Morgan fingerprint density at radius 3 is 2.20 bits per heavy atom. The van der Waals surface area contributed by atoms with Crippen LogP contribution in [0.15, 0.2) is 30.3 Å². The zero-order valence-electron chi connectivity index (χ0n) is 14.1. The monoisotopic (exact) mass is 359 g/mol. The van der Waals surface area contributed by atoms with Gasteiger partial charge in [0.2, 0.25) is 0 Å². The third kappa shape index (κ3) is 7.73. The Hall–Kier alpha value is -2.51. The summed E-state index contributed by atoms with van der Waals surface area (Å²) in [4.78, 5) is 22.8. The molecule has 0 bridgehead atoms. The molecule has 1 aromatic carbocycles. The van der Waals surface area contributed by atoms with E-state index < -0.39 is 35.4 Å². The number of alkyl halides is 3. The van der Waals surface area contributed by atoms with Crippen molar-refractivity contribution in [2.45, 2.75) is 45.0 Å². The molecular weight excluding hydrogens is 339 g/mol. The van der Waals surface area contributed by atoms with Crippen molar-refractivity contribution in [3.63, 3.8) is 0 Å². The maximum absolute atomic E-state index is 12.5. The largest absolute Gasteiger partial charge is 0.480 e. The summed E-state index contributed by atoms with van der Waals surface area (Å²) in [6, 6.07) is 3.22. The molecule has 25 heavy (non-hydrogen) atoms. The van der Waals surface area contributed by atoms with Gasteiger partial charge in [-0.05, 0) is 44.9 Å². The van der Waals surface area contributed by atoms with Crippen LogP contribution in [0.25, 0.3) is 6.08 Å². The van der Waals surface area contributed by atoms with Crippen molar-refractivity contribution >= 4 is 18.1 Å². The standard InChI is InChI=1S/C17H20F3NO4/c1-16(2,3)25-15(24)21-13(14(22)23)6-4-5-11-7-9-12(10-8-11)17(18,19)20/h4-5,7-10,13H,6H2,1-3H3,(H,21,24)(H,22,23)/b5-4+. The Morgan fingerprint density at radius 2 is 1.76 bits per heavy atom. The van der Waals surface area contributed by atoms with Gasteiger partial charge in [-0.25, -0.2) is 9.59 Å². The highest BCUT2D eigenvalue weighted by atomic mass is 19.4. The molecule has 8 heteroatoms. The Bertz CT molecular complexity index is 631. The first-order valence-corrected chi connectivity index (χ1v) is 7.44. The molecule has 138 valence electrons. The van der Waals surface area contributed by atoms with Crippen LogP contribution in [-0.4, -0.2) is 28.8 Å². The highest BCUT2D eigenvalue weighted by Crippen LogP contribution is 2.29. The molecule has 1 rings (SSSR count). The fraction of sp³-hybridized carbons (Fsp3) is 0.412. The van der Waals surface area contributed by atoms with Gasteiger partial charge in [-0.15, -0.1) is 0 Å². The van der Waals surface area contributed by atoms with Crippen molar-refractivity contribution in [3.8, 4) is 0 Å².